The average Bonchev–Trinajstić information content (AvgIpc) is 3.53. The van der Waals surface area contributed by atoms with Crippen molar-refractivity contribution in [2.75, 3.05) is 0 Å². The van der Waals surface area contributed by atoms with Crippen molar-refractivity contribution in [2.24, 2.45) is 0 Å². The van der Waals surface area contributed by atoms with E-state index in [9.17, 15) is 0 Å². The molecule has 0 radical (unpaired) electrons. The van der Waals surface area contributed by atoms with Crippen LogP contribution in [-0.2, 0) is 5.66 Å². The van der Waals surface area contributed by atoms with Crippen molar-refractivity contribution in [2.45, 2.75) is 5.66 Å². The van der Waals surface area contributed by atoms with E-state index in [2.05, 4.69) is 98.6 Å². The third-order valence-electron chi connectivity index (χ3n) is 8.21. The van der Waals surface area contributed by atoms with Gasteiger partial charge in [-0.3, -0.25) is 4.98 Å². The highest BCUT2D eigenvalue weighted by atomic mass is 16.5. The summed E-state index contributed by atoms with van der Waals surface area (Å²) in [6, 6.07) is 30.2. The lowest BCUT2D eigenvalue weighted by Gasteiger charge is -2.26. The Hall–Kier alpha value is -4.77. The van der Waals surface area contributed by atoms with Gasteiger partial charge in [-0.1, -0.05) is 24.3 Å². The van der Waals surface area contributed by atoms with E-state index in [-0.39, 0.29) is 0 Å². The van der Waals surface area contributed by atoms with Gasteiger partial charge in [0.2, 0.25) is 11.4 Å². The quantitative estimate of drug-likeness (QED) is 0.240. The molecule has 0 amide bonds. The van der Waals surface area contributed by atoms with Crippen LogP contribution in [0.5, 0.6) is 11.6 Å². The first kappa shape index (κ1) is 16.8. The maximum absolute atomic E-state index is 6.63. The molecule has 5 nitrogen and oxygen atoms in total. The van der Waals surface area contributed by atoms with E-state index < -0.39 is 5.66 Å². The Labute approximate surface area is 198 Å². The van der Waals surface area contributed by atoms with Gasteiger partial charge in [0.05, 0.1) is 10.9 Å². The molecule has 1 unspecified atom stereocenters. The van der Waals surface area contributed by atoms with Gasteiger partial charge in [-0.25, -0.2) is 0 Å². The lowest BCUT2D eigenvalue weighted by Crippen LogP contribution is -2.72. The first-order chi connectivity index (χ1) is 17.4. The smallest absolute Gasteiger partial charge is 0.407 e. The second-order valence-corrected chi connectivity index (χ2v) is 9.63. The highest BCUT2D eigenvalue weighted by molar-refractivity contribution is 6.18. The molecule has 1 spiro atoms. The largest absolute Gasteiger partial charge is 0.422 e. The zero-order valence-electron chi connectivity index (χ0n) is 18.4. The fourth-order valence-corrected chi connectivity index (χ4v) is 7.13. The minimum atomic E-state index is -0.582. The summed E-state index contributed by atoms with van der Waals surface area (Å²) in [5.74, 6) is 1.77. The Balaban J connectivity index is 1.63. The monoisotopic (exact) mass is 448 g/mol. The van der Waals surface area contributed by atoms with Gasteiger partial charge >= 0.3 is 11.3 Å². The van der Waals surface area contributed by atoms with Crippen molar-refractivity contribution in [3.05, 3.63) is 109 Å². The van der Waals surface area contributed by atoms with E-state index in [0.717, 1.165) is 33.7 Å². The Morgan fingerprint density at radius 2 is 1.66 bits per heavy atom. The highest BCUT2D eigenvalue weighted by Crippen LogP contribution is 2.54. The average molecular weight is 448 g/mol. The number of fused-ring (bicyclic) bond motifs is 8. The number of hydrogen-bond acceptors (Lipinski definition) is 2. The van der Waals surface area contributed by atoms with Crippen LogP contribution in [0.2, 0.25) is 0 Å². The summed E-state index contributed by atoms with van der Waals surface area (Å²) in [7, 11) is 0. The van der Waals surface area contributed by atoms with Crippen LogP contribution < -0.4 is 13.9 Å². The van der Waals surface area contributed by atoms with E-state index in [1.807, 2.05) is 12.3 Å². The summed E-state index contributed by atoms with van der Waals surface area (Å²) >= 11 is 0. The van der Waals surface area contributed by atoms with Crippen LogP contribution in [0, 0.1) is 0 Å². The summed E-state index contributed by atoms with van der Waals surface area (Å²) in [6.45, 7) is 0. The fraction of sp³-hybridized carbons (Fsp3) is 0.0333. The lowest BCUT2D eigenvalue weighted by molar-refractivity contribution is -0.952. The Morgan fingerprint density at radius 3 is 2.63 bits per heavy atom. The number of nitrogens with zero attached hydrogens (tertiary/aromatic N) is 4. The number of hydrogen-bond donors (Lipinski definition) is 0. The molecule has 1 atom stereocenters. The second kappa shape index (κ2) is 5.15. The summed E-state index contributed by atoms with van der Waals surface area (Å²) in [4.78, 5) is 4.92. The fourth-order valence-electron chi connectivity index (χ4n) is 7.13. The zero-order valence-corrected chi connectivity index (χ0v) is 18.4. The summed E-state index contributed by atoms with van der Waals surface area (Å²) in [5.41, 5.74) is 7.62. The van der Waals surface area contributed by atoms with E-state index in [1.165, 1.54) is 38.7 Å². The van der Waals surface area contributed by atoms with Gasteiger partial charge in [-0.05, 0) is 42.5 Å². The first-order valence-electron chi connectivity index (χ1n) is 11.9. The number of pyridine rings is 4. The molecule has 5 aromatic heterocycles. The van der Waals surface area contributed by atoms with Crippen LogP contribution in [-0.4, -0.2) is 9.38 Å². The number of benzene rings is 2. The van der Waals surface area contributed by atoms with Crippen molar-refractivity contribution >= 4 is 38.2 Å². The molecular weight excluding hydrogens is 432 g/mol. The Kier molecular flexibility index (Phi) is 2.47. The molecule has 0 saturated carbocycles. The van der Waals surface area contributed by atoms with Gasteiger partial charge in [0.15, 0.2) is 11.7 Å². The third kappa shape index (κ3) is 1.52. The molecule has 7 aromatic rings. The molecule has 10 rings (SSSR count). The summed E-state index contributed by atoms with van der Waals surface area (Å²) in [6.07, 6.45) is 4.12. The first-order valence-corrected chi connectivity index (χ1v) is 11.9. The second-order valence-electron chi connectivity index (χ2n) is 9.63. The van der Waals surface area contributed by atoms with Crippen molar-refractivity contribution in [3.8, 4) is 22.9 Å². The third-order valence-corrected chi connectivity index (χ3v) is 8.21. The molecule has 3 aliphatic heterocycles. The van der Waals surface area contributed by atoms with E-state index in [4.69, 9.17) is 9.72 Å². The van der Waals surface area contributed by atoms with Crippen molar-refractivity contribution in [1.29, 1.82) is 0 Å². The van der Waals surface area contributed by atoms with E-state index in [1.54, 1.807) is 0 Å². The minimum absolute atomic E-state index is 0.582. The lowest BCUT2D eigenvalue weighted by atomic mass is 9.90. The maximum atomic E-state index is 6.63. The van der Waals surface area contributed by atoms with Gasteiger partial charge in [0.1, 0.15) is 16.8 Å². The highest BCUT2D eigenvalue weighted by Gasteiger charge is 2.70. The van der Waals surface area contributed by atoms with Crippen molar-refractivity contribution in [3.63, 3.8) is 0 Å². The zero-order chi connectivity index (χ0) is 22.5. The SMILES string of the molecule is c1cc2c3c(c1)-c1cccc[n+]1C31c3c4ccccc4c4c5ncccc5c5ccc([n+]1c5n34)O2. The van der Waals surface area contributed by atoms with Crippen LogP contribution in [0.15, 0.2) is 97.3 Å². The van der Waals surface area contributed by atoms with Gasteiger partial charge in [0.25, 0.3) is 5.88 Å². The molecule has 5 heteroatoms. The van der Waals surface area contributed by atoms with Crippen LogP contribution in [0.1, 0.15) is 11.3 Å². The number of ether oxygens (including phenoxy) is 1. The van der Waals surface area contributed by atoms with Crippen LogP contribution in [0.25, 0.3) is 49.5 Å². The molecule has 0 N–H and O–H groups in total. The van der Waals surface area contributed by atoms with Crippen LogP contribution in [0.3, 0.4) is 0 Å². The molecule has 2 aromatic carbocycles. The molecule has 8 heterocycles. The van der Waals surface area contributed by atoms with E-state index in [0.29, 0.717) is 0 Å². The Bertz CT molecular complexity index is 2160. The Morgan fingerprint density at radius 1 is 0.771 bits per heavy atom. The van der Waals surface area contributed by atoms with Gasteiger partial charge in [0, 0.05) is 40.6 Å². The molecule has 35 heavy (non-hydrogen) atoms. The van der Waals surface area contributed by atoms with Crippen molar-refractivity contribution < 1.29 is 13.9 Å². The van der Waals surface area contributed by atoms with Gasteiger partial charge in [-0.15, -0.1) is 9.13 Å². The molecule has 0 fully saturated rings. The molecule has 3 aliphatic rings. The van der Waals surface area contributed by atoms with Gasteiger partial charge in [-0.2, -0.15) is 4.40 Å². The molecule has 0 aliphatic carbocycles. The maximum Gasteiger partial charge on any atom is 0.407 e. The standard InChI is InChI=1S/C30H16N4O/c1-2-8-19-18(7-1)27-26-17(10-6-15-31-26)20-13-14-24-34-29(20)33(27)28(19)30(34)25-21(9-5-12-23(25)35-24)22-11-3-4-16-32(22)30/h1-16H/q+2. The predicted molar refractivity (Wildman–Crippen MR) is 132 cm³/mol. The minimum Gasteiger partial charge on any atom is -0.422 e. The summed E-state index contributed by atoms with van der Waals surface area (Å²) in [5, 5.41) is 4.81. The van der Waals surface area contributed by atoms with Crippen LogP contribution >= 0.6 is 0 Å². The number of rotatable bonds is 0. The van der Waals surface area contributed by atoms with Gasteiger partial charge < -0.3 is 4.74 Å². The normalized spacial score (nSPS) is 18.1. The van der Waals surface area contributed by atoms with E-state index >= 15 is 0 Å². The molecular formula is C30H16N4O+2. The van der Waals surface area contributed by atoms with Crippen molar-refractivity contribution in [1.82, 2.24) is 9.38 Å². The predicted octanol–water partition coefficient (Wildman–Crippen LogP) is 5.07. The number of aromatic nitrogens is 4. The molecule has 160 valence electrons. The summed E-state index contributed by atoms with van der Waals surface area (Å²) < 4.78 is 14.0. The molecule has 0 saturated heterocycles. The molecule has 0 bridgehead atoms. The van der Waals surface area contributed by atoms with Crippen LogP contribution in [0.4, 0.5) is 0 Å². The topological polar surface area (TPSA) is 34.3 Å².